The fourth-order valence-corrected chi connectivity index (χ4v) is 7.00. The van der Waals surface area contributed by atoms with Crippen LogP contribution in [0.3, 0.4) is 0 Å². The van der Waals surface area contributed by atoms with Crippen molar-refractivity contribution < 1.29 is 53.0 Å². The van der Waals surface area contributed by atoms with Crippen molar-refractivity contribution in [3.63, 3.8) is 0 Å². The Morgan fingerprint density at radius 3 is 2.45 bits per heavy atom. The van der Waals surface area contributed by atoms with Gasteiger partial charge in [-0.25, -0.2) is 0 Å². The number of carbonyl (C=O) groups is 5. The van der Waals surface area contributed by atoms with E-state index in [0.717, 1.165) is 0 Å². The first kappa shape index (κ1) is 37.4. The number of aliphatic hydroxyl groups excluding tert-OH is 2. The predicted octanol–water partition coefficient (Wildman–Crippen LogP) is 0.525. The molecule has 2 heterocycles. The highest BCUT2D eigenvalue weighted by atomic mass is 32.2. The van der Waals surface area contributed by atoms with E-state index < -0.39 is 82.1 Å². The summed E-state index contributed by atoms with van der Waals surface area (Å²) in [6, 6.07) is -1.35. The molecule has 0 spiro atoms. The Morgan fingerprint density at radius 1 is 1.23 bits per heavy atom. The van der Waals surface area contributed by atoms with Crippen LogP contribution in [0.15, 0.2) is 23.8 Å². The van der Waals surface area contributed by atoms with Gasteiger partial charge >= 0.3 is 11.9 Å². The molecule has 0 saturated carbocycles. The molecule has 9 unspecified atom stereocenters. The van der Waals surface area contributed by atoms with Crippen molar-refractivity contribution in [2.45, 2.75) is 101 Å². The van der Waals surface area contributed by atoms with Crippen molar-refractivity contribution in [3.8, 4) is 0 Å². The quantitative estimate of drug-likeness (QED) is 0.112. The number of nitrogens with two attached hydrogens (primary N) is 1. The predicted molar refractivity (Wildman–Crippen MR) is 160 cm³/mol. The fraction of sp³-hybridized carbons (Fsp3) is 0.700. The zero-order valence-electron chi connectivity index (χ0n) is 25.7. The van der Waals surface area contributed by atoms with Gasteiger partial charge < -0.3 is 30.5 Å². The average molecular weight is 643 g/mol. The molecular weight excluding hydrogens is 596 g/mol. The zero-order valence-corrected chi connectivity index (χ0v) is 26.5. The Balaban J connectivity index is 2.22. The zero-order chi connectivity index (χ0) is 33.1. The number of Topliss-reactive ketones (excluding diaryl/α,β-unsaturated/α-hetero) is 1. The number of esters is 1. The molecule has 9 atom stereocenters. The van der Waals surface area contributed by atoms with Crippen LogP contribution < -0.4 is 11.1 Å². The molecule has 1 fully saturated rings. The second-order valence-corrected chi connectivity index (χ2v) is 13.6. The molecule has 248 valence electrons. The second-order valence-electron chi connectivity index (χ2n) is 11.8. The summed E-state index contributed by atoms with van der Waals surface area (Å²) in [6.07, 6.45) is 1.61. The van der Waals surface area contributed by atoms with Crippen molar-refractivity contribution in [1.82, 2.24) is 5.32 Å². The third kappa shape index (κ3) is 11.6. The van der Waals surface area contributed by atoms with Crippen LogP contribution in [0.1, 0.15) is 65.7 Å². The average Bonchev–Trinajstić information content (AvgIpc) is 2.93. The van der Waals surface area contributed by atoms with Gasteiger partial charge in [0.25, 0.3) is 0 Å². The number of amides is 2. The van der Waals surface area contributed by atoms with E-state index in [4.69, 9.17) is 20.3 Å². The van der Waals surface area contributed by atoms with Crippen molar-refractivity contribution in [2.75, 3.05) is 12.9 Å². The number of hydrogen-bond acceptors (Lipinski definition) is 11. The number of cyclic esters (lactones) is 1. The van der Waals surface area contributed by atoms with Gasteiger partial charge in [0.15, 0.2) is 0 Å². The van der Waals surface area contributed by atoms with Crippen LogP contribution in [0, 0.1) is 17.8 Å². The molecule has 1 saturated heterocycles. The van der Waals surface area contributed by atoms with E-state index in [1.807, 2.05) is 0 Å². The number of aliphatic hydroxyl groups is 2. The molecule has 6 N–H and O–H groups in total. The Morgan fingerprint density at radius 2 is 1.86 bits per heavy atom. The number of allylic oxidation sites excluding steroid dienone is 2. The summed E-state index contributed by atoms with van der Waals surface area (Å²) in [5.74, 6) is -5.22. The first-order chi connectivity index (χ1) is 20.6. The van der Waals surface area contributed by atoms with Crippen LogP contribution in [-0.4, -0.2) is 97.6 Å². The van der Waals surface area contributed by atoms with Crippen molar-refractivity contribution >= 4 is 40.3 Å². The molecule has 0 aliphatic carbocycles. The van der Waals surface area contributed by atoms with Crippen LogP contribution in [0.2, 0.25) is 0 Å². The summed E-state index contributed by atoms with van der Waals surface area (Å²) >= 11 is 0. The van der Waals surface area contributed by atoms with Gasteiger partial charge in [-0.05, 0) is 37.7 Å². The third-order valence-electron chi connectivity index (χ3n) is 8.03. The number of ether oxygens (including phenoxy) is 2. The van der Waals surface area contributed by atoms with Gasteiger partial charge in [0.05, 0.1) is 18.6 Å². The van der Waals surface area contributed by atoms with E-state index in [9.17, 15) is 38.4 Å². The monoisotopic (exact) mass is 642 g/mol. The van der Waals surface area contributed by atoms with Gasteiger partial charge in [-0.3, -0.25) is 33.5 Å². The largest absolute Gasteiger partial charge is 0.480 e. The standard InChI is InChI=1S/C30H46N2O11S/c1-16(23(34)13-20(33)10-19-11-25(35)32-26(36)12-19)9-17(2)29-18(3)28(38)24(42-4)8-6-5-7-21(14-27(37)43-29)44(41)15-22(31)30(39)40/h6,8-9,16,18-22,24,28-29,33,38H,5,7,10-15,31H2,1-4H3,(H,39,40)(H,32,35,36)/b8-6-,17-9+. The number of imide groups is 1. The summed E-state index contributed by atoms with van der Waals surface area (Å²) in [5.41, 5.74) is 6.04. The van der Waals surface area contributed by atoms with Gasteiger partial charge in [-0.1, -0.05) is 32.1 Å². The highest BCUT2D eigenvalue weighted by molar-refractivity contribution is 7.85. The first-order valence-electron chi connectivity index (χ1n) is 14.8. The lowest BCUT2D eigenvalue weighted by atomic mass is 9.86. The maximum absolute atomic E-state index is 13.1. The Bertz CT molecular complexity index is 1120. The smallest absolute Gasteiger partial charge is 0.321 e. The SMILES string of the molecule is COC1/C=C\CCC(S(=O)CC(N)C(=O)O)CC(=O)OC(/C(C)=C/C(C)C(=O)CC(O)CC2CC(=O)NC(=O)C2)C(C)C1O. The molecule has 44 heavy (non-hydrogen) atoms. The molecule has 0 bridgehead atoms. The number of hydrogen-bond donors (Lipinski definition) is 5. The molecule has 2 amide bonds. The number of nitrogens with one attached hydrogen (secondary N) is 1. The van der Waals surface area contributed by atoms with Crippen LogP contribution >= 0.6 is 0 Å². The molecule has 14 heteroatoms. The number of rotatable bonds is 12. The van der Waals surface area contributed by atoms with E-state index in [0.29, 0.717) is 12.0 Å². The summed E-state index contributed by atoms with van der Waals surface area (Å²) < 4.78 is 24.2. The number of carboxylic acids is 1. The van der Waals surface area contributed by atoms with Crippen molar-refractivity contribution in [3.05, 3.63) is 23.8 Å². The van der Waals surface area contributed by atoms with E-state index >= 15 is 0 Å². The van der Waals surface area contributed by atoms with E-state index in [1.54, 1.807) is 39.0 Å². The van der Waals surface area contributed by atoms with Crippen molar-refractivity contribution in [1.29, 1.82) is 0 Å². The minimum Gasteiger partial charge on any atom is -0.480 e. The van der Waals surface area contributed by atoms with Gasteiger partial charge in [0.1, 0.15) is 24.0 Å². The van der Waals surface area contributed by atoms with E-state index in [-0.39, 0.29) is 56.0 Å². The molecule has 13 nitrogen and oxygen atoms in total. The van der Waals surface area contributed by atoms with Crippen LogP contribution in [0.25, 0.3) is 0 Å². The van der Waals surface area contributed by atoms with Crippen molar-refractivity contribution in [2.24, 2.45) is 23.5 Å². The molecule has 2 rings (SSSR count). The first-order valence-corrected chi connectivity index (χ1v) is 16.1. The summed E-state index contributed by atoms with van der Waals surface area (Å²) in [4.78, 5) is 60.6. The molecule has 2 aliphatic heterocycles. The van der Waals surface area contributed by atoms with E-state index in [2.05, 4.69) is 5.32 Å². The third-order valence-corrected chi connectivity index (χ3v) is 9.86. The van der Waals surface area contributed by atoms with Gasteiger partial charge in [-0.2, -0.15) is 0 Å². The van der Waals surface area contributed by atoms with E-state index in [1.165, 1.54) is 7.11 Å². The molecule has 0 aromatic heterocycles. The maximum Gasteiger partial charge on any atom is 0.321 e. The summed E-state index contributed by atoms with van der Waals surface area (Å²) in [7, 11) is -0.318. The molecule has 0 radical (unpaired) electrons. The Kier molecular flexibility index (Phi) is 15.0. The highest BCUT2D eigenvalue weighted by Gasteiger charge is 2.35. The Labute approximate surface area is 260 Å². The number of aliphatic carboxylic acids is 1. The lowest BCUT2D eigenvalue weighted by molar-refractivity contribution is -0.153. The number of ketones is 1. The maximum atomic E-state index is 13.1. The lowest BCUT2D eigenvalue weighted by Gasteiger charge is -2.32. The molecular formula is C30H46N2O11S. The summed E-state index contributed by atoms with van der Waals surface area (Å²) in [5, 5.41) is 32.2. The van der Waals surface area contributed by atoms with Crippen LogP contribution in [-0.2, 0) is 44.2 Å². The highest BCUT2D eigenvalue weighted by Crippen LogP contribution is 2.27. The van der Waals surface area contributed by atoms with Crippen LogP contribution in [0.5, 0.6) is 0 Å². The minimum atomic E-state index is -1.74. The number of carbonyl (C=O) groups excluding carboxylic acids is 4. The molecule has 0 aromatic rings. The second kappa shape index (κ2) is 17.6. The Hall–Kier alpha value is -2.78. The van der Waals surface area contributed by atoms with Gasteiger partial charge in [0, 0.05) is 60.0 Å². The topological polar surface area (TPSA) is 220 Å². The number of carboxylic acid groups (broad SMARTS) is 1. The summed E-state index contributed by atoms with van der Waals surface area (Å²) in [6.45, 7) is 4.95. The van der Waals surface area contributed by atoms with Gasteiger partial charge in [-0.15, -0.1) is 0 Å². The lowest BCUT2D eigenvalue weighted by Crippen LogP contribution is -2.42. The normalized spacial score (nSPS) is 29.7. The fourth-order valence-electron chi connectivity index (χ4n) is 5.51. The minimum absolute atomic E-state index is 0.0945. The van der Waals surface area contributed by atoms with Gasteiger partial charge in [0.2, 0.25) is 11.8 Å². The van der Waals surface area contributed by atoms with Crippen LogP contribution in [0.4, 0.5) is 0 Å². The number of methoxy groups -OCH3 is 1. The number of piperidine rings is 1. The molecule has 2 aliphatic rings. The molecule has 0 aromatic carbocycles.